The molecular weight excluding hydrogens is 282 g/mol. The van der Waals surface area contributed by atoms with E-state index >= 15 is 0 Å². The SMILES string of the molecule is CCNC(C)(CCCCSc1nc(C)ns1)C(=O)O. The number of hydrogen-bond acceptors (Lipinski definition) is 6. The van der Waals surface area contributed by atoms with E-state index in [1.54, 1.807) is 18.7 Å². The lowest BCUT2D eigenvalue weighted by Gasteiger charge is -2.25. The Hall–Kier alpha value is -0.660. The zero-order valence-corrected chi connectivity index (χ0v) is 13.2. The second kappa shape index (κ2) is 7.81. The molecule has 7 heteroatoms. The molecule has 1 aromatic heterocycles. The molecule has 1 heterocycles. The Morgan fingerprint density at radius 2 is 2.26 bits per heavy atom. The Balaban J connectivity index is 2.24. The summed E-state index contributed by atoms with van der Waals surface area (Å²) in [5.74, 6) is 0.996. The fourth-order valence-corrected chi connectivity index (χ4v) is 3.45. The highest BCUT2D eigenvalue weighted by Crippen LogP contribution is 2.22. The largest absolute Gasteiger partial charge is 0.480 e. The standard InChI is InChI=1S/C12H21N3O2S2/c1-4-13-12(3,10(16)17)7-5-6-8-18-11-14-9(2)15-19-11/h13H,4-8H2,1-3H3,(H,16,17). The first kappa shape index (κ1) is 16.4. The number of nitrogens with one attached hydrogen (secondary N) is 1. The summed E-state index contributed by atoms with van der Waals surface area (Å²) >= 11 is 3.11. The lowest BCUT2D eigenvalue weighted by atomic mass is 9.95. The number of carbonyl (C=O) groups is 1. The van der Waals surface area contributed by atoms with Gasteiger partial charge in [-0.05, 0) is 44.8 Å². The van der Waals surface area contributed by atoms with Crippen LogP contribution in [0.3, 0.4) is 0 Å². The van der Waals surface area contributed by atoms with Gasteiger partial charge in [0.2, 0.25) is 0 Å². The fourth-order valence-electron chi connectivity index (χ4n) is 1.74. The summed E-state index contributed by atoms with van der Waals surface area (Å²) in [7, 11) is 0. The molecule has 1 rings (SSSR count). The van der Waals surface area contributed by atoms with Gasteiger partial charge in [-0.15, -0.1) is 0 Å². The van der Waals surface area contributed by atoms with Crippen molar-refractivity contribution in [1.82, 2.24) is 14.7 Å². The second-order valence-electron chi connectivity index (χ2n) is 4.58. The van der Waals surface area contributed by atoms with Gasteiger partial charge < -0.3 is 10.4 Å². The molecule has 0 fully saturated rings. The van der Waals surface area contributed by atoms with Crippen LogP contribution in [0.1, 0.15) is 38.9 Å². The molecule has 0 aliphatic heterocycles. The van der Waals surface area contributed by atoms with Crippen molar-refractivity contribution < 1.29 is 9.90 Å². The van der Waals surface area contributed by atoms with Crippen LogP contribution in [0.5, 0.6) is 0 Å². The van der Waals surface area contributed by atoms with E-state index < -0.39 is 11.5 Å². The average Bonchev–Trinajstić information content (AvgIpc) is 2.75. The van der Waals surface area contributed by atoms with Crippen molar-refractivity contribution in [1.29, 1.82) is 0 Å². The lowest BCUT2D eigenvalue weighted by molar-refractivity contribution is -0.144. The van der Waals surface area contributed by atoms with E-state index in [-0.39, 0.29) is 0 Å². The molecular formula is C12H21N3O2S2. The van der Waals surface area contributed by atoms with Crippen molar-refractivity contribution in [3.63, 3.8) is 0 Å². The van der Waals surface area contributed by atoms with Gasteiger partial charge in [0.25, 0.3) is 0 Å². The molecule has 0 radical (unpaired) electrons. The zero-order chi connectivity index (χ0) is 14.3. The number of unbranched alkanes of at least 4 members (excludes halogenated alkanes) is 1. The maximum Gasteiger partial charge on any atom is 0.323 e. The van der Waals surface area contributed by atoms with Crippen LogP contribution in [-0.2, 0) is 4.79 Å². The van der Waals surface area contributed by atoms with Gasteiger partial charge in [-0.25, -0.2) is 4.98 Å². The Morgan fingerprint density at radius 1 is 1.53 bits per heavy atom. The number of likely N-dealkylation sites (N-methyl/N-ethyl adjacent to an activating group) is 1. The van der Waals surface area contributed by atoms with Gasteiger partial charge in [-0.3, -0.25) is 4.79 Å². The van der Waals surface area contributed by atoms with E-state index in [1.165, 1.54) is 11.5 Å². The minimum atomic E-state index is -0.807. The first-order valence-electron chi connectivity index (χ1n) is 6.39. The van der Waals surface area contributed by atoms with E-state index in [2.05, 4.69) is 14.7 Å². The quantitative estimate of drug-likeness (QED) is 0.539. The molecule has 1 aromatic rings. The molecule has 0 bridgehead atoms. The van der Waals surface area contributed by atoms with Crippen molar-refractivity contribution in [2.75, 3.05) is 12.3 Å². The van der Waals surface area contributed by atoms with E-state index in [9.17, 15) is 9.90 Å². The highest BCUT2D eigenvalue weighted by atomic mass is 32.2. The molecule has 5 nitrogen and oxygen atoms in total. The van der Waals surface area contributed by atoms with Gasteiger partial charge in [0.15, 0.2) is 4.34 Å². The van der Waals surface area contributed by atoms with Gasteiger partial charge in [0, 0.05) is 5.75 Å². The van der Waals surface area contributed by atoms with Crippen molar-refractivity contribution in [3.8, 4) is 0 Å². The summed E-state index contributed by atoms with van der Waals surface area (Å²) in [6, 6.07) is 0. The molecule has 2 N–H and O–H groups in total. The minimum Gasteiger partial charge on any atom is -0.480 e. The number of hydrogen-bond donors (Lipinski definition) is 2. The first-order valence-corrected chi connectivity index (χ1v) is 8.15. The van der Waals surface area contributed by atoms with Crippen LogP contribution in [0.4, 0.5) is 0 Å². The van der Waals surface area contributed by atoms with Gasteiger partial charge >= 0.3 is 5.97 Å². The Bertz CT molecular complexity index is 411. The number of nitrogens with zero attached hydrogens (tertiary/aromatic N) is 2. The number of carboxylic acid groups (broad SMARTS) is 1. The topological polar surface area (TPSA) is 75.1 Å². The van der Waals surface area contributed by atoms with Crippen LogP contribution < -0.4 is 5.32 Å². The number of carboxylic acids is 1. The summed E-state index contributed by atoms with van der Waals surface area (Å²) in [4.78, 5) is 15.5. The zero-order valence-electron chi connectivity index (χ0n) is 11.6. The second-order valence-corrected chi connectivity index (χ2v) is 6.67. The fraction of sp³-hybridized carbons (Fsp3) is 0.750. The molecule has 0 spiro atoms. The smallest absolute Gasteiger partial charge is 0.323 e. The number of thioether (sulfide) groups is 1. The Kier molecular flexibility index (Phi) is 6.74. The van der Waals surface area contributed by atoms with E-state index in [0.29, 0.717) is 13.0 Å². The van der Waals surface area contributed by atoms with Gasteiger partial charge in [-0.1, -0.05) is 25.1 Å². The van der Waals surface area contributed by atoms with Crippen LogP contribution in [0.25, 0.3) is 0 Å². The molecule has 0 aliphatic carbocycles. The average molecular weight is 303 g/mol. The van der Waals surface area contributed by atoms with Crippen LogP contribution in [0.2, 0.25) is 0 Å². The van der Waals surface area contributed by atoms with E-state index in [4.69, 9.17) is 0 Å². The predicted molar refractivity (Wildman–Crippen MR) is 78.9 cm³/mol. The maximum atomic E-state index is 11.2. The first-order chi connectivity index (χ1) is 8.98. The molecule has 0 aliphatic rings. The summed E-state index contributed by atoms with van der Waals surface area (Å²) in [5.41, 5.74) is -0.807. The Labute approximate surface area is 122 Å². The molecule has 0 saturated carbocycles. The van der Waals surface area contributed by atoms with E-state index in [0.717, 1.165) is 28.8 Å². The van der Waals surface area contributed by atoms with Crippen LogP contribution in [-0.4, -0.2) is 38.3 Å². The molecule has 1 atom stereocenters. The maximum absolute atomic E-state index is 11.2. The van der Waals surface area contributed by atoms with Crippen LogP contribution >= 0.6 is 23.3 Å². The van der Waals surface area contributed by atoms with Crippen LogP contribution in [0.15, 0.2) is 4.34 Å². The van der Waals surface area contributed by atoms with Gasteiger partial charge in [-0.2, -0.15) is 4.37 Å². The summed E-state index contributed by atoms with van der Waals surface area (Å²) in [5, 5.41) is 12.3. The highest BCUT2D eigenvalue weighted by Gasteiger charge is 2.30. The minimum absolute atomic E-state index is 0.645. The number of aliphatic carboxylic acids is 1. The summed E-state index contributed by atoms with van der Waals surface area (Å²) in [6.45, 7) is 6.23. The predicted octanol–water partition coefficient (Wildman–Crippen LogP) is 2.56. The van der Waals surface area contributed by atoms with E-state index in [1.807, 2.05) is 13.8 Å². The number of rotatable bonds is 9. The molecule has 0 saturated heterocycles. The number of aryl methyl sites for hydroxylation is 1. The van der Waals surface area contributed by atoms with Gasteiger partial charge in [0.05, 0.1) is 0 Å². The monoisotopic (exact) mass is 303 g/mol. The van der Waals surface area contributed by atoms with Crippen molar-refractivity contribution in [3.05, 3.63) is 5.82 Å². The molecule has 0 amide bonds. The molecule has 0 aromatic carbocycles. The summed E-state index contributed by atoms with van der Waals surface area (Å²) < 4.78 is 5.12. The Morgan fingerprint density at radius 3 is 2.79 bits per heavy atom. The normalized spacial score (nSPS) is 14.3. The highest BCUT2D eigenvalue weighted by molar-refractivity contribution is 8.00. The molecule has 19 heavy (non-hydrogen) atoms. The summed E-state index contributed by atoms with van der Waals surface area (Å²) in [6.07, 6.45) is 2.52. The molecule has 108 valence electrons. The third-order valence-electron chi connectivity index (χ3n) is 2.84. The molecule has 1 unspecified atom stereocenters. The number of aromatic nitrogens is 2. The van der Waals surface area contributed by atoms with Crippen molar-refractivity contribution in [2.24, 2.45) is 0 Å². The van der Waals surface area contributed by atoms with Crippen molar-refractivity contribution >= 4 is 29.3 Å². The van der Waals surface area contributed by atoms with Gasteiger partial charge in [0.1, 0.15) is 11.4 Å². The third-order valence-corrected chi connectivity index (χ3v) is 4.86. The van der Waals surface area contributed by atoms with Crippen molar-refractivity contribution in [2.45, 2.75) is 49.9 Å². The third kappa shape index (κ3) is 5.46. The lowest BCUT2D eigenvalue weighted by Crippen LogP contribution is -2.49. The van der Waals surface area contributed by atoms with Crippen LogP contribution in [0, 0.1) is 6.92 Å².